The highest BCUT2D eigenvalue weighted by atomic mass is 79.9. The number of rotatable bonds is 3. The first-order chi connectivity index (χ1) is 12.8. The van der Waals surface area contributed by atoms with Crippen molar-refractivity contribution in [3.63, 3.8) is 0 Å². The van der Waals surface area contributed by atoms with Crippen molar-refractivity contribution in [1.82, 2.24) is 0 Å². The SMILES string of the molecule is Brc1ccc(C2=NN=C(c3ccccc3)C=C(c3ccccc3)C2)cc1. The van der Waals surface area contributed by atoms with Gasteiger partial charge in [-0.15, -0.1) is 0 Å². The average molecular weight is 401 g/mol. The summed E-state index contributed by atoms with van der Waals surface area (Å²) in [5.41, 5.74) is 6.43. The fourth-order valence-corrected chi connectivity index (χ4v) is 3.23. The molecular formula is C23H17BrN2. The van der Waals surface area contributed by atoms with Crippen LogP contribution in [0.1, 0.15) is 23.1 Å². The number of hydrogen-bond donors (Lipinski definition) is 0. The van der Waals surface area contributed by atoms with Crippen LogP contribution in [-0.2, 0) is 0 Å². The Labute approximate surface area is 161 Å². The summed E-state index contributed by atoms with van der Waals surface area (Å²) in [6.45, 7) is 0. The maximum Gasteiger partial charge on any atom is 0.0932 e. The zero-order valence-electron chi connectivity index (χ0n) is 14.1. The number of allylic oxidation sites excluding steroid dienone is 2. The van der Waals surface area contributed by atoms with Gasteiger partial charge in [-0.1, -0.05) is 88.7 Å². The third kappa shape index (κ3) is 3.73. The Morgan fingerprint density at radius 3 is 1.88 bits per heavy atom. The van der Waals surface area contributed by atoms with Crippen LogP contribution in [0.4, 0.5) is 0 Å². The van der Waals surface area contributed by atoms with Crippen LogP contribution in [0.2, 0.25) is 0 Å². The van der Waals surface area contributed by atoms with Crippen LogP contribution < -0.4 is 0 Å². The first-order valence-electron chi connectivity index (χ1n) is 8.51. The van der Waals surface area contributed by atoms with E-state index in [0.717, 1.165) is 33.4 Å². The number of hydrogen-bond acceptors (Lipinski definition) is 2. The van der Waals surface area contributed by atoms with Gasteiger partial charge >= 0.3 is 0 Å². The van der Waals surface area contributed by atoms with Crippen molar-refractivity contribution in [2.45, 2.75) is 6.42 Å². The molecule has 2 nitrogen and oxygen atoms in total. The zero-order valence-corrected chi connectivity index (χ0v) is 15.7. The van der Waals surface area contributed by atoms with Gasteiger partial charge in [0.25, 0.3) is 0 Å². The average Bonchev–Trinajstić information content (AvgIpc) is 2.93. The normalized spacial score (nSPS) is 14.1. The standard InChI is InChI=1S/C23H17BrN2/c24-21-13-11-19(12-14-21)23-16-20(17-7-3-1-4-8-17)15-22(25-26-23)18-9-5-2-6-10-18/h1-15H,16H2. The van der Waals surface area contributed by atoms with E-state index in [1.54, 1.807) is 0 Å². The lowest BCUT2D eigenvalue weighted by molar-refractivity contribution is 1.22. The molecule has 126 valence electrons. The van der Waals surface area contributed by atoms with Crippen LogP contribution in [0.25, 0.3) is 5.57 Å². The summed E-state index contributed by atoms with van der Waals surface area (Å²) >= 11 is 3.49. The van der Waals surface area contributed by atoms with Crippen LogP contribution in [-0.4, -0.2) is 11.4 Å². The van der Waals surface area contributed by atoms with Gasteiger partial charge in [-0.2, -0.15) is 10.2 Å². The number of halogens is 1. The molecule has 3 aromatic carbocycles. The smallest absolute Gasteiger partial charge is 0.0932 e. The van der Waals surface area contributed by atoms with Crippen LogP contribution in [0.5, 0.6) is 0 Å². The van der Waals surface area contributed by atoms with E-state index < -0.39 is 0 Å². The molecule has 0 aromatic heterocycles. The van der Waals surface area contributed by atoms with E-state index in [4.69, 9.17) is 0 Å². The van der Waals surface area contributed by atoms with E-state index >= 15 is 0 Å². The lowest BCUT2D eigenvalue weighted by Gasteiger charge is -2.09. The molecule has 0 bridgehead atoms. The molecule has 0 saturated carbocycles. The molecular weight excluding hydrogens is 384 g/mol. The summed E-state index contributed by atoms with van der Waals surface area (Å²) in [4.78, 5) is 0. The molecule has 26 heavy (non-hydrogen) atoms. The van der Waals surface area contributed by atoms with Gasteiger partial charge in [-0.05, 0) is 34.9 Å². The molecule has 0 fully saturated rings. The van der Waals surface area contributed by atoms with Crippen molar-refractivity contribution < 1.29 is 0 Å². The van der Waals surface area contributed by atoms with Crippen molar-refractivity contribution in [3.05, 3.63) is 112 Å². The monoisotopic (exact) mass is 400 g/mol. The van der Waals surface area contributed by atoms with E-state index in [2.05, 4.69) is 80.7 Å². The van der Waals surface area contributed by atoms with Crippen molar-refractivity contribution in [2.75, 3.05) is 0 Å². The molecule has 4 rings (SSSR count). The second-order valence-corrected chi connectivity index (χ2v) is 7.03. The minimum atomic E-state index is 0.742. The molecule has 1 aliphatic heterocycles. The first kappa shape index (κ1) is 16.7. The van der Waals surface area contributed by atoms with Gasteiger partial charge in [-0.25, -0.2) is 0 Å². The minimum absolute atomic E-state index is 0.742. The summed E-state index contributed by atoms with van der Waals surface area (Å²) in [6.07, 6.45) is 2.89. The van der Waals surface area contributed by atoms with Crippen molar-refractivity contribution in [1.29, 1.82) is 0 Å². The number of nitrogens with zero attached hydrogens (tertiary/aromatic N) is 2. The van der Waals surface area contributed by atoms with Crippen LogP contribution in [0, 0.1) is 0 Å². The van der Waals surface area contributed by atoms with E-state index in [9.17, 15) is 0 Å². The molecule has 0 unspecified atom stereocenters. The molecule has 3 heteroatoms. The third-order valence-electron chi connectivity index (χ3n) is 4.34. The van der Waals surface area contributed by atoms with Gasteiger partial charge in [0, 0.05) is 16.5 Å². The fourth-order valence-electron chi connectivity index (χ4n) is 2.96. The Morgan fingerprint density at radius 2 is 1.23 bits per heavy atom. The topological polar surface area (TPSA) is 24.7 Å². The maximum absolute atomic E-state index is 4.59. The summed E-state index contributed by atoms with van der Waals surface area (Å²) in [5, 5.41) is 9.16. The molecule has 0 atom stereocenters. The largest absolute Gasteiger partial charge is 0.154 e. The highest BCUT2D eigenvalue weighted by Crippen LogP contribution is 2.25. The summed E-state index contributed by atoms with van der Waals surface area (Å²) in [5.74, 6) is 0. The third-order valence-corrected chi connectivity index (χ3v) is 4.87. The van der Waals surface area contributed by atoms with Crippen LogP contribution in [0.3, 0.4) is 0 Å². The van der Waals surface area contributed by atoms with Crippen molar-refractivity contribution in [3.8, 4) is 0 Å². The second kappa shape index (κ2) is 7.63. The Kier molecular flexibility index (Phi) is 4.89. The Morgan fingerprint density at radius 1 is 0.615 bits per heavy atom. The zero-order chi connectivity index (χ0) is 17.8. The van der Waals surface area contributed by atoms with Crippen LogP contribution >= 0.6 is 15.9 Å². The predicted octanol–water partition coefficient (Wildman–Crippen LogP) is 6.13. The summed E-state index contributed by atoms with van der Waals surface area (Å²) in [6, 6.07) is 28.9. The Bertz CT molecular complexity index is 985. The highest BCUT2D eigenvalue weighted by Gasteiger charge is 2.14. The molecule has 0 amide bonds. The van der Waals surface area contributed by atoms with Gasteiger partial charge in [0.15, 0.2) is 0 Å². The molecule has 3 aromatic rings. The Balaban J connectivity index is 1.81. The van der Waals surface area contributed by atoms with E-state index in [-0.39, 0.29) is 0 Å². The molecule has 0 spiro atoms. The van der Waals surface area contributed by atoms with Gasteiger partial charge < -0.3 is 0 Å². The highest BCUT2D eigenvalue weighted by molar-refractivity contribution is 9.10. The second-order valence-electron chi connectivity index (χ2n) is 6.12. The molecule has 0 radical (unpaired) electrons. The molecule has 0 N–H and O–H groups in total. The lowest BCUT2D eigenvalue weighted by Crippen LogP contribution is -2.01. The Hall–Kier alpha value is -2.78. The van der Waals surface area contributed by atoms with Crippen molar-refractivity contribution >= 4 is 32.9 Å². The van der Waals surface area contributed by atoms with E-state index in [1.165, 1.54) is 11.1 Å². The quantitative estimate of drug-likeness (QED) is 0.505. The van der Waals surface area contributed by atoms with E-state index in [1.807, 2.05) is 36.4 Å². The van der Waals surface area contributed by atoms with E-state index in [0.29, 0.717) is 0 Å². The minimum Gasteiger partial charge on any atom is -0.154 e. The fraction of sp³-hybridized carbons (Fsp3) is 0.0435. The maximum atomic E-state index is 4.59. The summed E-state index contributed by atoms with van der Waals surface area (Å²) < 4.78 is 1.06. The lowest BCUT2D eigenvalue weighted by atomic mass is 9.95. The van der Waals surface area contributed by atoms with Crippen LogP contribution in [0.15, 0.2) is 106 Å². The number of benzene rings is 3. The molecule has 1 heterocycles. The van der Waals surface area contributed by atoms with Gasteiger partial charge in [0.2, 0.25) is 0 Å². The molecule has 0 saturated heterocycles. The summed E-state index contributed by atoms with van der Waals surface area (Å²) in [7, 11) is 0. The molecule has 0 aliphatic carbocycles. The van der Waals surface area contributed by atoms with Crippen molar-refractivity contribution in [2.24, 2.45) is 10.2 Å². The predicted molar refractivity (Wildman–Crippen MR) is 113 cm³/mol. The molecule has 1 aliphatic rings. The first-order valence-corrected chi connectivity index (χ1v) is 9.31. The van der Waals surface area contributed by atoms with Gasteiger partial charge in [-0.3, -0.25) is 0 Å². The van der Waals surface area contributed by atoms with Gasteiger partial charge in [0.05, 0.1) is 11.4 Å². The van der Waals surface area contributed by atoms with Gasteiger partial charge in [0.1, 0.15) is 0 Å².